The van der Waals surface area contributed by atoms with Crippen molar-refractivity contribution in [3.8, 4) is 0 Å². The highest BCUT2D eigenvalue weighted by molar-refractivity contribution is 5.76. The van der Waals surface area contributed by atoms with E-state index in [0.29, 0.717) is 56.0 Å². The molecule has 8 rings (SSSR count). The molecule has 7 N–H and O–H groups in total. The molecule has 13 unspecified atom stereocenters. The molecule has 8 saturated carbocycles. The Morgan fingerprint density at radius 2 is 1.06 bits per heavy atom. The molecule has 0 radical (unpaired) electrons. The summed E-state index contributed by atoms with van der Waals surface area (Å²) in [4.78, 5) is 28.3. The average molecular weight is 869 g/mol. The first-order valence-corrected chi connectivity index (χ1v) is 25.8. The molecule has 0 heterocycles. The number of aliphatic hydroxyl groups excluding tert-OH is 6. The van der Waals surface area contributed by atoms with Crippen molar-refractivity contribution in [3.63, 3.8) is 0 Å². The van der Waals surface area contributed by atoms with Crippen LogP contribution in [0.3, 0.4) is 0 Å². The molecule has 0 aromatic heterocycles. The largest absolute Gasteiger partial charge is 0.393 e. The van der Waals surface area contributed by atoms with E-state index in [9.17, 15) is 40.2 Å². The van der Waals surface area contributed by atoms with Crippen LogP contribution >= 0.6 is 0 Å². The Morgan fingerprint density at radius 1 is 0.613 bits per heavy atom. The van der Waals surface area contributed by atoms with Gasteiger partial charge in [-0.3, -0.25) is 9.59 Å². The minimum Gasteiger partial charge on any atom is -0.393 e. The van der Waals surface area contributed by atoms with Crippen LogP contribution in [0.4, 0.5) is 0 Å². The van der Waals surface area contributed by atoms with Crippen molar-refractivity contribution in [1.82, 2.24) is 10.2 Å². The first-order chi connectivity index (χ1) is 29.2. The van der Waals surface area contributed by atoms with Crippen molar-refractivity contribution >= 4 is 11.8 Å². The number of carbonyl (C=O) groups is 2. The van der Waals surface area contributed by atoms with Crippen molar-refractivity contribution in [1.29, 1.82) is 0 Å². The molecule has 2 amide bonds. The summed E-state index contributed by atoms with van der Waals surface area (Å²) in [6.07, 6.45) is 13.1. The van der Waals surface area contributed by atoms with Crippen LogP contribution < -0.4 is 5.32 Å². The number of hydrogen-bond donors (Lipinski definition) is 7. The molecule has 62 heavy (non-hydrogen) atoms. The maximum Gasteiger partial charge on any atom is 0.222 e. The van der Waals surface area contributed by atoms with Crippen LogP contribution in [0.15, 0.2) is 0 Å². The van der Waals surface area contributed by atoms with E-state index in [1.165, 1.54) is 0 Å². The van der Waals surface area contributed by atoms with Crippen LogP contribution in [0.25, 0.3) is 0 Å². The van der Waals surface area contributed by atoms with Gasteiger partial charge in [-0.15, -0.1) is 0 Å². The third kappa shape index (κ3) is 7.86. The molecule has 10 heteroatoms. The molecule has 0 bridgehead atoms. The van der Waals surface area contributed by atoms with E-state index in [1.54, 1.807) is 4.90 Å². The summed E-state index contributed by atoms with van der Waals surface area (Å²) >= 11 is 0. The first-order valence-electron chi connectivity index (χ1n) is 25.8. The minimum absolute atomic E-state index is 0.0385. The fourth-order valence-electron chi connectivity index (χ4n) is 18.3. The normalized spacial score (nSPS) is 50.5. The first kappa shape index (κ1) is 47.2. The quantitative estimate of drug-likeness (QED) is 0.106. The lowest BCUT2D eigenvalue weighted by molar-refractivity contribution is -0.207. The number of carbonyl (C=O) groups excluding carboxylic acids is 2. The number of hydrogen-bond acceptors (Lipinski definition) is 8. The minimum atomic E-state index is -0.427. The zero-order valence-electron chi connectivity index (χ0n) is 39.7. The number of fused-ring (bicyclic) bond motifs is 10. The van der Waals surface area contributed by atoms with Gasteiger partial charge in [0.2, 0.25) is 11.8 Å². The van der Waals surface area contributed by atoms with Gasteiger partial charge in [0.05, 0.1) is 36.6 Å². The standard InChI is InChI=1S/C52H88N2O8/c1-29(35-11-13-37-47-39(27-43(59)51(35,37)5)49(3)19-17-33(55)23-31(49)25-41(47)57)9-15-45(61)53-21-8-22-54(7)46(62)16-10-30(2)36-12-14-38-48-40(28-44(60)52(36,38)6)50(4)20-18-34(56)24-32(50)26-42(48)58/h29-44,47-48,55-60H,8-28H2,1-7H3,(H,53,61)/t29?,30?,31?,32?,33-,34-,35?,36?,37?,38?,39?,40?,41-,42-,43+,44?,47?,48?,49+,50+,51-,52-/m1/s1. The maximum absolute atomic E-state index is 13.4. The second-order valence-corrected chi connectivity index (χ2v) is 24.6. The maximum atomic E-state index is 13.4. The summed E-state index contributed by atoms with van der Waals surface area (Å²) in [5.74, 6) is 3.43. The van der Waals surface area contributed by atoms with Crippen LogP contribution in [0, 0.1) is 92.7 Å². The van der Waals surface area contributed by atoms with Gasteiger partial charge < -0.3 is 40.9 Å². The highest BCUT2D eigenvalue weighted by Gasteiger charge is 2.67. The number of nitrogens with one attached hydrogen (secondary N) is 1. The van der Waals surface area contributed by atoms with E-state index in [1.807, 2.05) is 7.05 Å². The summed E-state index contributed by atoms with van der Waals surface area (Å²) in [7, 11) is 1.86. The molecule has 0 aromatic carbocycles. The molecule has 8 aliphatic carbocycles. The van der Waals surface area contributed by atoms with E-state index in [2.05, 4.69) is 46.9 Å². The highest BCUT2D eigenvalue weighted by atomic mass is 16.3. The Bertz CT molecular complexity index is 1610. The molecular weight excluding hydrogens is 781 g/mol. The third-order valence-corrected chi connectivity index (χ3v) is 22.1. The zero-order valence-corrected chi connectivity index (χ0v) is 39.7. The number of nitrogens with zero attached hydrogens (tertiary/aromatic N) is 1. The van der Waals surface area contributed by atoms with Crippen LogP contribution in [0.2, 0.25) is 0 Å². The summed E-state index contributed by atoms with van der Waals surface area (Å²) in [6, 6.07) is 0. The SMILES string of the molecule is CC(CCC(=O)N(C)CCCNC(=O)CCC(C)C1CCC2C3C(C[C@H](O)[C@]12C)[C@@]1(C)CC[C@@H](O)CC1C[C@H]3O)C1CCC2C3C(CC(O)[C@]12C)[C@@]1(C)CC[C@@H](O)CC1C[C@H]3O. The number of aliphatic hydroxyl groups is 6. The van der Waals surface area contributed by atoms with Gasteiger partial charge in [0.1, 0.15) is 0 Å². The molecule has 0 spiro atoms. The lowest BCUT2D eigenvalue weighted by Crippen LogP contribution is -2.62. The van der Waals surface area contributed by atoms with Crippen molar-refractivity contribution in [2.24, 2.45) is 92.7 Å². The van der Waals surface area contributed by atoms with Crippen LogP contribution in [0.1, 0.15) is 164 Å². The summed E-state index contributed by atoms with van der Waals surface area (Å²) in [5.41, 5.74) is -0.427. The Kier molecular flexibility index (Phi) is 13.5. The molecule has 10 nitrogen and oxygen atoms in total. The predicted octanol–water partition coefficient (Wildman–Crippen LogP) is 6.71. The average Bonchev–Trinajstić information content (AvgIpc) is 3.78. The third-order valence-electron chi connectivity index (χ3n) is 22.1. The molecule has 354 valence electrons. The van der Waals surface area contributed by atoms with Gasteiger partial charge >= 0.3 is 0 Å². The van der Waals surface area contributed by atoms with Gasteiger partial charge in [0.15, 0.2) is 0 Å². The van der Waals surface area contributed by atoms with Crippen molar-refractivity contribution in [3.05, 3.63) is 0 Å². The Labute approximate surface area is 374 Å². The van der Waals surface area contributed by atoms with Gasteiger partial charge in [-0.25, -0.2) is 0 Å². The monoisotopic (exact) mass is 869 g/mol. The van der Waals surface area contributed by atoms with Crippen molar-refractivity contribution in [2.75, 3.05) is 20.1 Å². The summed E-state index contributed by atoms with van der Waals surface area (Å²) in [6.45, 7) is 14.9. The van der Waals surface area contributed by atoms with Crippen molar-refractivity contribution in [2.45, 2.75) is 200 Å². The Balaban J connectivity index is 0.760. The Hall–Kier alpha value is -1.30. The number of amides is 2. The van der Waals surface area contributed by atoms with E-state index in [-0.39, 0.29) is 105 Å². The van der Waals surface area contributed by atoms with E-state index >= 15 is 0 Å². The Morgan fingerprint density at radius 3 is 1.53 bits per heavy atom. The molecule has 0 aromatic rings. The van der Waals surface area contributed by atoms with E-state index in [0.717, 1.165) is 103 Å². The molecule has 8 aliphatic rings. The molecule has 0 aliphatic heterocycles. The smallest absolute Gasteiger partial charge is 0.222 e. The van der Waals surface area contributed by atoms with Gasteiger partial charge in [-0.05, 0) is 202 Å². The fraction of sp³-hybridized carbons (Fsp3) is 0.962. The second-order valence-electron chi connectivity index (χ2n) is 24.6. The molecular formula is C52H88N2O8. The lowest BCUT2D eigenvalue weighted by Gasteiger charge is -2.63. The van der Waals surface area contributed by atoms with E-state index in [4.69, 9.17) is 0 Å². The predicted molar refractivity (Wildman–Crippen MR) is 240 cm³/mol. The van der Waals surface area contributed by atoms with Crippen LogP contribution in [-0.4, -0.2) is 104 Å². The fourth-order valence-corrected chi connectivity index (χ4v) is 18.3. The molecule has 8 fully saturated rings. The van der Waals surface area contributed by atoms with E-state index < -0.39 is 12.2 Å². The van der Waals surface area contributed by atoms with Crippen LogP contribution in [0.5, 0.6) is 0 Å². The summed E-state index contributed by atoms with van der Waals surface area (Å²) < 4.78 is 0. The second kappa shape index (κ2) is 17.7. The van der Waals surface area contributed by atoms with Gasteiger partial charge in [0, 0.05) is 33.0 Å². The zero-order chi connectivity index (χ0) is 44.7. The van der Waals surface area contributed by atoms with Crippen molar-refractivity contribution < 1.29 is 40.2 Å². The van der Waals surface area contributed by atoms with Crippen LogP contribution in [-0.2, 0) is 9.59 Å². The highest BCUT2D eigenvalue weighted by Crippen LogP contribution is 2.70. The number of rotatable bonds is 12. The molecule has 22 atom stereocenters. The topological polar surface area (TPSA) is 171 Å². The van der Waals surface area contributed by atoms with Gasteiger partial charge in [-0.2, -0.15) is 0 Å². The van der Waals surface area contributed by atoms with Gasteiger partial charge in [-0.1, -0.05) is 41.5 Å². The van der Waals surface area contributed by atoms with Gasteiger partial charge in [0.25, 0.3) is 0 Å². The lowest BCUT2D eigenvalue weighted by atomic mass is 9.43. The molecule has 0 saturated heterocycles. The summed E-state index contributed by atoms with van der Waals surface area (Å²) in [5, 5.41) is 71.1.